The van der Waals surface area contributed by atoms with E-state index in [-0.39, 0.29) is 11.1 Å². The highest BCUT2D eigenvalue weighted by Gasteiger charge is 2.34. The first-order chi connectivity index (χ1) is 9.10. The van der Waals surface area contributed by atoms with Crippen LogP contribution in [0, 0.1) is 5.82 Å². The Hall–Kier alpha value is -1.62. The first-order valence-electron chi connectivity index (χ1n) is 6.46. The zero-order chi connectivity index (χ0) is 13.9. The summed E-state index contributed by atoms with van der Waals surface area (Å²) in [6.45, 7) is 0.385. The van der Waals surface area contributed by atoms with Crippen LogP contribution in [-0.2, 0) is 0 Å². The van der Waals surface area contributed by atoms with Gasteiger partial charge in [-0.1, -0.05) is 12.8 Å². The van der Waals surface area contributed by atoms with Crippen LogP contribution in [0.15, 0.2) is 18.2 Å². The van der Waals surface area contributed by atoms with E-state index in [0.29, 0.717) is 12.3 Å². The average Bonchev–Trinajstić information content (AvgIpc) is 2.87. The molecule has 0 aromatic heterocycles. The molecule has 5 heteroatoms. The molecule has 0 unspecified atom stereocenters. The number of rotatable bonds is 4. The summed E-state index contributed by atoms with van der Waals surface area (Å²) in [5.74, 6) is -0.599. The van der Waals surface area contributed by atoms with E-state index >= 15 is 0 Å². The maximum absolute atomic E-state index is 13.8. The van der Waals surface area contributed by atoms with E-state index in [2.05, 4.69) is 5.32 Å². The predicted molar refractivity (Wildman–Crippen MR) is 70.7 cm³/mol. The summed E-state index contributed by atoms with van der Waals surface area (Å²) in [5.41, 5.74) is 5.41. The fourth-order valence-corrected chi connectivity index (χ4v) is 2.55. The van der Waals surface area contributed by atoms with E-state index < -0.39 is 11.7 Å². The second-order valence-electron chi connectivity index (χ2n) is 4.99. The van der Waals surface area contributed by atoms with E-state index in [1.54, 1.807) is 6.07 Å². The fourth-order valence-electron chi connectivity index (χ4n) is 2.55. The molecule has 1 fully saturated rings. The van der Waals surface area contributed by atoms with Crippen molar-refractivity contribution >= 4 is 5.91 Å². The van der Waals surface area contributed by atoms with Crippen LogP contribution < -0.4 is 15.8 Å². The summed E-state index contributed by atoms with van der Waals surface area (Å²) >= 11 is 0. The molecule has 3 N–H and O–H groups in total. The van der Waals surface area contributed by atoms with Gasteiger partial charge in [-0.3, -0.25) is 4.79 Å². The van der Waals surface area contributed by atoms with Gasteiger partial charge in [0.2, 0.25) is 0 Å². The van der Waals surface area contributed by atoms with Gasteiger partial charge in [0.05, 0.1) is 18.2 Å². The molecular weight excluding hydrogens is 247 g/mol. The van der Waals surface area contributed by atoms with Gasteiger partial charge < -0.3 is 15.8 Å². The number of carbonyl (C=O) groups excluding carboxylic acids is 1. The highest BCUT2D eigenvalue weighted by Crippen LogP contribution is 2.29. The second kappa shape index (κ2) is 5.57. The number of benzene rings is 1. The minimum Gasteiger partial charge on any atom is -0.497 e. The van der Waals surface area contributed by atoms with E-state index in [9.17, 15) is 9.18 Å². The molecule has 0 radical (unpaired) electrons. The average molecular weight is 266 g/mol. The van der Waals surface area contributed by atoms with Gasteiger partial charge in [0.15, 0.2) is 0 Å². The van der Waals surface area contributed by atoms with Crippen LogP contribution in [0.2, 0.25) is 0 Å². The summed E-state index contributed by atoms with van der Waals surface area (Å²) in [4.78, 5) is 12.1. The van der Waals surface area contributed by atoms with Crippen molar-refractivity contribution in [1.82, 2.24) is 5.32 Å². The molecule has 1 saturated carbocycles. The number of ether oxygens (including phenoxy) is 1. The van der Waals surface area contributed by atoms with Crippen molar-refractivity contribution in [2.75, 3.05) is 13.7 Å². The van der Waals surface area contributed by atoms with E-state index in [0.717, 1.165) is 25.7 Å². The Labute approximate surface area is 112 Å². The van der Waals surface area contributed by atoms with Gasteiger partial charge in [-0.05, 0) is 25.0 Å². The number of halogens is 1. The van der Waals surface area contributed by atoms with E-state index in [1.165, 1.54) is 19.2 Å². The fraction of sp³-hybridized carbons (Fsp3) is 0.500. The maximum atomic E-state index is 13.8. The SMILES string of the molecule is COc1ccc(C(=O)NC2(CN)CCCC2)c(F)c1. The van der Waals surface area contributed by atoms with Crippen molar-refractivity contribution in [2.24, 2.45) is 5.73 Å². The lowest BCUT2D eigenvalue weighted by molar-refractivity contribution is 0.0899. The third-order valence-corrected chi connectivity index (χ3v) is 3.75. The number of nitrogens with two attached hydrogens (primary N) is 1. The van der Waals surface area contributed by atoms with Crippen LogP contribution in [0.5, 0.6) is 5.75 Å². The molecule has 104 valence electrons. The Balaban J connectivity index is 2.15. The van der Waals surface area contributed by atoms with Crippen LogP contribution in [0.4, 0.5) is 4.39 Å². The van der Waals surface area contributed by atoms with Crippen molar-refractivity contribution in [3.8, 4) is 5.75 Å². The van der Waals surface area contributed by atoms with Crippen molar-refractivity contribution in [2.45, 2.75) is 31.2 Å². The van der Waals surface area contributed by atoms with Gasteiger partial charge in [0, 0.05) is 12.6 Å². The maximum Gasteiger partial charge on any atom is 0.254 e. The van der Waals surface area contributed by atoms with Crippen molar-refractivity contribution in [3.63, 3.8) is 0 Å². The first-order valence-corrected chi connectivity index (χ1v) is 6.46. The Morgan fingerprint density at radius 2 is 2.16 bits per heavy atom. The molecule has 1 aliphatic carbocycles. The standard InChI is InChI=1S/C14H19FN2O2/c1-19-10-4-5-11(12(15)8-10)13(18)17-14(9-16)6-2-3-7-14/h4-5,8H,2-3,6-7,9,16H2,1H3,(H,17,18). The topological polar surface area (TPSA) is 64.3 Å². The van der Waals surface area contributed by atoms with E-state index in [1.807, 2.05) is 0 Å². The number of hydrogen-bond acceptors (Lipinski definition) is 3. The van der Waals surface area contributed by atoms with Gasteiger partial charge >= 0.3 is 0 Å². The van der Waals surface area contributed by atoms with Crippen molar-refractivity contribution < 1.29 is 13.9 Å². The van der Waals surface area contributed by atoms with Gasteiger partial charge in [-0.2, -0.15) is 0 Å². The molecule has 0 spiro atoms. The van der Waals surface area contributed by atoms with Gasteiger partial charge in [0.25, 0.3) is 5.91 Å². The zero-order valence-electron chi connectivity index (χ0n) is 11.0. The lowest BCUT2D eigenvalue weighted by Crippen LogP contribution is -2.51. The number of amides is 1. The Morgan fingerprint density at radius 3 is 2.68 bits per heavy atom. The summed E-state index contributed by atoms with van der Waals surface area (Å²) in [7, 11) is 1.45. The molecule has 1 aliphatic rings. The molecule has 4 nitrogen and oxygen atoms in total. The number of nitrogens with one attached hydrogen (secondary N) is 1. The molecule has 2 rings (SSSR count). The highest BCUT2D eigenvalue weighted by atomic mass is 19.1. The van der Waals surface area contributed by atoms with Gasteiger partial charge in [0.1, 0.15) is 11.6 Å². The van der Waals surface area contributed by atoms with Crippen LogP contribution in [0.3, 0.4) is 0 Å². The largest absolute Gasteiger partial charge is 0.497 e. The van der Waals surface area contributed by atoms with Crippen molar-refractivity contribution in [3.05, 3.63) is 29.6 Å². The Morgan fingerprint density at radius 1 is 1.47 bits per heavy atom. The van der Waals surface area contributed by atoms with Gasteiger partial charge in [-0.15, -0.1) is 0 Å². The minimum atomic E-state index is -0.581. The molecule has 19 heavy (non-hydrogen) atoms. The zero-order valence-corrected chi connectivity index (χ0v) is 11.0. The van der Waals surface area contributed by atoms with Crippen LogP contribution in [-0.4, -0.2) is 25.1 Å². The van der Waals surface area contributed by atoms with E-state index in [4.69, 9.17) is 10.5 Å². The quantitative estimate of drug-likeness (QED) is 0.874. The molecule has 1 aromatic carbocycles. The minimum absolute atomic E-state index is 0.0283. The lowest BCUT2D eigenvalue weighted by atomic mass is 9.97. The summed E-state index contributed by atoms with van der Waals surface area (Å²) in [6.07, 6.45) is 3.80. The lowest BCUT2D eigenvalue weighted by Gasteiger charge is -2.28. The summed E-state index contributed by atoms with van der Waals surface area (Å²) < 4.78 is 18.7. The molecule has 1 amide bonds. The van der Waals surface area contributed by atoms with Crippen molar-refractivity contribution in [1.29, 1.82) is 0 Å². The number of methoxy groups -OCH3 is 1. The van der Waals surface area contributed by atoms with Crippen LogP contribution >= 0.6 is 0 Å². The predicted octanol–water partition coefficient (Wildman–Crippen LogP) is 1.84. The summed E-state index contributed by atoms with van der Waals surface area (Å²) in [5, 5.41) is 2.89. The monoisotopic (exact) mass is 266 g/mol. The smallest absolute Gasteiger partial charge is 0.254 e. The van der Waals surface area contributed by atoms with Gasteiger partial charge in [-0.25, -0.2) is 4.39 Å². The molecule has 0 atom stereocenters. The molecule has 0 heterocycles. The Bertz CT molecular complexity index is 471. The molecule has 0 saturated heterocycles. The highest BCUT2D eigenvalue weighted by molar-refractivity contribution is 5.95. The number of carbonyl (C=O) groups is 1. The molecule has 1 aromatic rings. The Kier molecular flexibility index (Phi) is 4.04. The van der Waals surface area contributed by atoms with Crippen LogP contribution in [0.25, 0.3) is 0 Å². The molecule has 0 bridgehead atoms. The first kappa shape index (κ1) is 13.8. The normalized spacial score (nSPS) is 17.2. The number of hydrogen-bond donors (Lipinski definition) is 2. The third-order valence-electron chi connectivity index (χ3n) is 3.75. The molecular formula is C14H19FN2O2. The summed E-state index contributed by atoms with van der Waals surface area (Å²) in [6, 6.07) is 4.21. The molecule has 0 aliphatic heterocycles. The second-order valence-corrected chi connectivity index (χ2v) is 4.99. The third kappa shape index (κ3) is 2.87. The van der Waals surface area contributed by atoms with Crippen LogP contribution in [0.1, 0.15) is 36.0 Å².